The number of nitrogens with one attached hydrogen (secondary N) is 1. The zero-order chi connectivity index (χ0) is 10.3. The highest BCUT2D eigenvalue weighted by Gasteiger charge is 2.07. The van der Waals surface area contributed by atoms with E-state index in [1.807, 2.05) is 0 Å². The van der Waals surface area contributed by atoms with Crippen molar-refractivity contribution in [2.75, 3.05) is 12.3 Å². The summed E-state index contributed by atoms with van der Waals surface area (Å²) in [4.78, 5) is 10.1. The van der Waals surface area contributed by atoms with Crippen LogP contribution in [0.2, 0.25) is 0 Å². The number of aliphatic carboxylic acids is 1. The predicted molar refractivity (Wildman–Crippen MR) is 49.0 cm³/mol. The van der Waals surface area contributed by atoms with Crippen LogP contribution in [0.5, 0.6) is 0 Å². The third-order valence-corrected chi connectivity index (χ3v) is 2.95. The summed E-state index contributed by atoms with van der Waals surface area (Å²) >= 11 is 0. The maximum absolute atomic E-state index is 11.0. The molecule has 0 saturated heterocycles. The van der Waals surface area contributed by atoms with Gasteiger partial charge in [0.25, 0.3) is 0 Å². The molecule has 2 N–H and O–H groups in total. The third kappa shape index (κ3) is 7.73. The molecule has 0 aliphatic carbocycles. The molecule has 13 heavy (non-hydrogen) atoms. The molecule has 78 valence electrons. The highest BCUT2D eigenvalue weighted by atomic mass is 32.2. The van der Waals surface area contributed by atoms with Gasteiger partial charge in [-0.05, 0) is 12.8 Å². The molecule has 0 bridgehead atoms. The monoisotopic (exact) mass is 209 g/mol. The van der Waals surface area contributed by atoms with Crippen LogP contribution < -0.4 is 4.72 Å². The first-order chi connectivity index (χ1) is 5.98. The van der Waals surface area contributed by atoms with E-state index in [0.717, 1.165) is 0 Å². The van der Waals surface area contributed by atoms with E-state index in [4.69, 9.17) is 5.11 Å². The average Bonchev–Trinajstić information content (AvgIpc) is 1.98. The largest absolute Gasteiger partial charge is 0.481 e. The van der Waals surface area contributed by atoms with Crippen LogP contribution in [-0.4, -0.2) is 31.8 Å². The van der Waals surface area contributed by atoms with Crippen LogP contribution in [0.15, 0.2) is 0 Å². The van der Waals surface area contributed by atoms with Crippen molar-refractivity contribution < 1.29 is 18.3 Å². The highest BCUT2D eigenvalue weighted by molar-refractivity contribution is 7.89. The summed E-state index contributed by atoms with van der Waals surface area (Å²) in [7, 11) is -3.17. The molecule has 0 spiro atoms. The number of carboxylic acids is 1. The molecule has 0 heterocycles. The topological polar surface area (TPSA) is 83.5 Å². The van der Waals surface area contributed by atoms with Gasteiger partial charge in [0.2, 0.25) is 10.0 Å². The quantitative estimate of drug-likeness (QED) is 0.586. The molecule has 5 nitrogen and oxygen atoms in total. The van der Waals surface area contributed by atoms with Gasteiger partial charge in [-0.1, -0.05) is 6.92 Å². The molecule has 0 amide bonds. The molecule has 0 fully saturated rings. The van der Waals surface area contributed by atoms with Gasteiger partial charge in [0.05, 0.1) is 5.75 Å². The van der Waals surface area contributed by atoms with Gasteiger partial charge in [0, 0.05) is 13.0 Å². The number of carboxylic acid groups (broad SMARTS) is 1. The fourth-order valence-corrected chi connectivity index (χ4v) is 1.95. The van der Waals surface area contributed by atoms with Crippen molar-refractivity contribution in [2.45, 2.75) is 26.2 Å². The number of hydrogen-bond acceptors (Lipinski definition) is 3. The first-order valence-corrected chi connectivity index (χ1v) is 5.82. The molecule has 0 rings (SSSR count). The van der Waals surface area contributed by atoms with E-state index in [-0.39, 0.29) is 18.7 Å². The first kappa shape index (κ1) is 12.4. The van der Waals surface area contributed by atoms with Gasteiger partial charge in [-0.3, -0.25) is 4.79 Å². The van der Waals surface area contributed by atoms with Crippen molar-refractivity contribution in [2.24, 2.45) is 0 Å². The molecular formula is C7H15NO4S. The van der Waals surface area contributed by atoms with Crippen molar-refractivity contribution in [3.05, 3.63) is 0 Å². The molecule has 0 aliphatic rings. The van der Waals surface area contributed by atoms with Crippen LogP contribution in [0.3, 0.4) is 0 Å². The van der Waals surface area contributed by atoms with Crippen LogP contribution in [0.1, 0.15) is 26.2 Å². The van der Waals surface area contributed by atoms with Gasteiger partial charge in [0.15, 0.2) is 0 Å². The number of rotatable bonds is 7. The normalized spacial score (nSPS) is 11.5. The first-order valence-electron chi connectivity index (χ1n) is 4.17. The Bertz CT molecular complexity index is 247. The zero-order valence-corrected chi connectivity index (χ0v) is 8.43. The van der Waals surface area contributed by atoms with E-state index in [1.54, 1.807) is 6.92 Å². The standard InChI is InChI=1S/C7H15NO4S/c1-2-6-13(11,12)8-5-3-4-7(9)10/h8H,2-6H2,1H3,(H,9,10). The highest BCUT2D eigenvalue weighted by Crippen LogP contribution is 1.91. The fourth-order valence-electron chi connectivity index (χ4n) is 0.808. The lowest BCUT2D eigenvalue weighted by atomic mass is 10.3. The summed E-state index contributed by atoms with van der Waals surface area (Å²) < 4.78 is 24.4. The summed E-state index contributed by atoms with van der Waals surface area (Å²) in [6.45, 7) is 1.98. The second-order valence-electron chi connectivity index (χ2n) is 2.71. The van der Waals surface area contributed by atoms with Gasteiger partial charge >= 0.3 is 5.97 Å². The minimum Gasteiger partial charge on any atom is -0.481 e. The van der Waals surface area contributed by atoms with Gasteiger partial charge in [-0.15, -0.1) is 0 Å². The zero-order valence-electron chi connectivity index (χ0n) is 7.62. The van der Waals surface area contributed by atoms with E-state index in [0.29, 0.717) is 12.8 Å². The Morgan fingerprint density at radius 1 is 1.46 bits per heavy atom. The molecule has 0 radical (unpaired) electrons. The maximum Gasteiger partial charge on any atom is 0.303 e. The minimum absolute atomic E-state index is 0.00531. The Morgan fingerprint density at radius 3 is 2.54 bits per heavy atom. The van der Waals surface area contributed by atoms with Crippen LogP contribution in [0, 0.1) is 0 Å². The Labute approximate surface area is 78.2 Å². The number of hydrogen-bond donors (Lipinski definition) is 2. The Morgan fingerprint density at radius 2 is 2.08 bits per heavy atom. The smallest absolute Gasteiger partial charge is 0.303 e. The Hall–Kier alpha value is -0.620. The van der Waals surface area contributed by atoms with Gasteiger partial charge in [0.1, 0.15) is 0 Å². The minimum atomic E-state index is -3.17. The van der Waals surface area contributed by atoms with Gasteiger partial charge < -0.3 is 5.11 Å². The van der Waals surface area contributed by atoms with Crippen LogP contribution >= 0.6 is 0 Å². The lowest BCUT2D eigenvalue weighted by Gasteiger charge is -2.03. The van der Waals surface area contributed by atoms with Crippen LogP contribution in [-0.2, 0) is 14.8 Å². The molecule has 0 atom stereocenters. The van der Waals surface area contributed by atoms with E-state index in [2.05, 4.69) is 4.72 Å². The Kier molecular flexibility index (Phi) is 5.65. The van der Waals surface area contributed by atoms with Crippen molar-refractivity contribution in [3.63, 3.8) is 0 Å². The summed E-state index contributed by atoms with van der Waals surface area (Å²) in [5, 5.41) is 8.27. The maximum atomic E-state index is 11.0. The molecule has 0 unspecified atom stereocenters. The van der Waals surface area contributed by atoms with Crippen molar-refractivity contribution in [1.29, 1.82) is 0 Å². The molecule has 0 aromatic rings. The van der Waals surface area contributed by atoms with Gasteiger partial charge in [-0.2, -0.15) is 0 Å². The number of sulfonamides is 1. The predicted octanol–water partition coefficient (Wildman–Crippen LogP) is 0.181. The SMILES string of the molecule is CCCS(=O)(=O)NCCCC(=O)O. The van der Waals surface area contributed by atoms with E-state index < -0.39 is 16.0 Å². The molecule has 0 saturated carbocycles. The summed E-state index contributed by atoms with van der Waals surface area (Å²) in [5.41, 5.74) is 0. The van der Waals surface area contributed by atoms with Gasteiger partial charge in [-0.25, -0.2) is 13.1 Å². The van der Waals surface area contributed by atoms with Crippen LogP contribution in [0.4, 0.5) is 0 Å². The Balaban J connectivity index is 3.58. The van der Waals surface area contributed by atoms with Crippen molar-refractivity contribution >= 4 is 16.0 Å². The molecule has 6 heteroatoms. The third-order valence-electron chi connectivity index (χ3n) is 1.36. The van der Waals surface area contributed by atoms with Crippen molar-refractivity contribution in [1.82, 2.24) is 4.72 Å². The molecule has 0 aliphatic heterocycles. The molecule has 0 aromatic heterocycles. The lowest BCUT2D eigenvalue weighted by Crippen LogP contribution is -2.27. The summed E-state index contributed by atoms with van der Waals surface area (Å²) in [5.74, 6) is -0.810. The second-order valence-corrected chi connectivity index (χ2v) is 4.64. The summed E-state index contributed by atoms with van der Waals surface area (Å²) in [6, 6.07) is 0. The number of carbonyl (C=O) groups is 1. The second kappa shape index (κ2) is 5.93. The van der Waals surface area contributed by atoms with Crippen LogP contribution in [0.25, 0.3) is 0 Å². The lowest BCUT2D eigenvalue weighted by molar-refractivity contribution is -0.137. The molecule has 0 aromatic carbocycles. The van der Waals surface area contributed by atoms with Crippen molar-refractivity contribution in [3.8, 4) is 0 Å². The fraction of sp³-hybridized carbons (Fsp3) is 0.857. The average molecular weight is 209 g/mol. The molecular weight excluding hydrogens is 194 g/mol. The van der Waals surface area contributed by atoms with E-state index in [9.17, 15) is 13.2 Å². The summed E-state index contributed by atoms with van der Waals surface area (Å²) in [6.07, 6.45) is 0.890. The van der Waals surface area contributed by atoms with E-state index in [1.165, 1.54) is 0 Å². The van der Waals surface area contributed by atoms with E-state index >= 15 is 0 Å².